The highest BCUT2D eigenvalue weighted by molar-refractivity contribution is 7.80. The molecule has 0 amide bonds. The number of nitrogens with zero attached hydrogens (tertiary/aromatic N) is 3. The number of ether oxygens (including phenoxy) is 2. The second-order valence-electron chi connectivity index (χ2n) is 8.39. The van der Waals surface area contributed by atoms with Gasteiger partial charge < -0.3 is 24.3 Å². The number of nitrogens with one attached hydrogen (secondary N) is 1. The summed E-state index contributed by atoms with van der Waals surface area (Å²) in [7, 11) is 3.13. The number of hydrogen-bond donors (Lipinski definition) is 1. The van der Waals surface area contributed by atoms with Gasteiger partial charge in [0.15, 0.2) is 5.11 Å². The van der Waals surface area contributed by atoms with Gasteiger partial charge in [-0.1, -0.05) is 12.1 Å². The van der Waals surface area contributed by atoms with Gasteiger partial charge in [0.05, 0.1) is 37.2 Å². The van der Waals surface area contributed by atoms with Crippen molar-refractivity contribution in [3.8, 4) is 17.2 Å². The number of benzene rings is 2. The van der Waals surface area contributed by atoms with Gasteiger partial charge in [0.1, 0.15) is 17.5 Å². The Kier molecular flexibility index (Phi) is 6.51. The molecule has 1 aliphatic rings. The molecule has 3 heterocycles. The Bertz CT molecular complexity index is 1420. The molecule has 6 nitrogen and oxygen atoms in total. The van der Waals surface area contributed by atoms with E-state index >= 15 is 0 Å². The fraction of sp³-hybridized carbons (Fsp3) is 0.185. The van der Waals surface area contributed by atoms with Gasteiger partial charge in [-0.25, -0.2) is 0 Å². The molecule has 0 unspecified atom stereocenters. The molecule has 10 heteroatoms. The maximum atomic E-state index is 13.5. The molecule has 1 aliphatic heterocycles. The summed E-state index contributed by atoms with van der Waals surface area (Å²) in [5.74, 6) is 1.17. The number of thiocarbonyl (C=S) groups is 1. The number of hydrogen-bond acceptors (Lipinski definition) is 4. The zero-order valence-electron chi connectivity index (χ0n) is 19.9. The zero-order chi connectivity index (χ0) is 26.2. The molecule has 0 spiro atoms. The highest BCUT2D eigenvalue weighted by Gasteiger charge is 2.43. The number of aromatic nitrogens is 2. The number of methoxy groups -OCH3 is 2. The van der Waals surface area contributed by atoms with E-state index in [1.54, 1.807) is 55.4 Å². The van der Waals surface area contributed by atoms with Gasteiger partial charge in [0, 0.05) is 29.8 Å². The predicted molar refractivity (Wildman–Crippen MR) is 138 cm³/mol. The van der Waals surface area contributed by atoms with Gasteiger partial charge in [0.2, 0.25) is 0 Å². The fourth-order valence-corrected chi connectivity index (χ4v) is 4.94. The summed E-state index contributed by atoms with van der Waals surface area (Å²) in [5, 5.41) is 3.79. The molecule has 37 heavy (non-hydrogen) atoms. The molecule has 1 N–H and O–H groups in total. The monoisotopic (exact) mass is 524 g/mol. The molecule has 0 bridgehead atoms. The first-order chi connectivity index (χ1) is 17.8. The number of alkyl halides is 3. The molecule has 2 aromatic carbocycles. The standard InChI is InChI=1S/C27H23F3N4O2S/c1-35-19-11-12-23(36-2)22(16-19)34-25(24(32-26(34)37)20-9-3-4-13-31-20)21-10-6-14-33(21)18-8-5-7-17(15-18)27(28,29)30/h3-16,24-25H,1-2H3,(H,32,37)/t24-,25+/m0/s1. The van der Waals surface area contributed by atoms with Crippen molar-refractivity contribution < 1.29 is 22.6 Å². The van der Waals surface area contributed by atoms with Gasteiger partial charge >= 0.3 is 6.18 Å². The van der Waals surface area contributed by atoms with E-state index in [2.05, 4.69) is 10.3 Å². The molecule has 1 fully saturated rings. The second kappa shape index (κ2) is 9.78. The Morgan fingerprint density at radius 2 is 1.78 bits per heavy atom. The van der Waals surface area contributed by atoms with E-state index in [9.17, 15) is 13.2 Å². The van der Waals surface area contributed by atoms with E-state index in [1.165, 1.54) is 6.07 Å². The number of rotatable bonds is 6. The van der Waals surface area contributed by atoms with E-state index < -0.39 is 23.8 Å². The highest BCUT2D eigenvalue weighted by atomic mass is 32.1. The topological polar surface area (TPSA) is 51.6 Å². The molecule has 0 saturated carbocycles. The molecule has 2 aromatic heterocycles. The quantitative estimate of drug-likeness (QED) is 0.308. The second-order valence-corrected chi connectivity index (χ2v) is 8.77. The lowest BCUT2D eigenvalue weighted by Crippen LogP contribution is -2.30. The van der Waals surface area contributed by atoms with Crippen molar-refractivity contribution in [2.45, 2.75) is 18.3 Å². The first-order valence-electron chi connectivity index (χ1n) is 11.4. The Labute approximate surface area is 217 Å². The van der Waals surface area contributed by atoms with Crippen LogP contribution in [0.15, 0.2) is 85.2 Å². The Morgan fingerprint density at radius 3 is 2.49 bits per heavy atom. The Hall–Kier alpha value is -4.05. The molecule has 4 aromatic rings. The van der Waals surface area contributed by atoms with Crippen molar-refractivity contribution in [1.82, 2.24) is 14.9 Å². The average molecular weight is 525 g/mol. The fourth-order valence-electron chi connectivity index (χ4n) is 4.60. The summed E-state index contributed by atoms with van der Waals surface area (Å²) in [5.41, 5.74) is 1.75. The normalized spacial score (nSPS) is 17.5. The number of halogens is 3. The molecular formula is C27H23F3N4O2S. The Morgan fingerprint density at radius 1 is 0.946 bits per heavy atom. The third-order valence-electron chi connectivity index (χ3n) is 6.28. The van der Waals surface area contributed by atoms with Crippen LogP contribution in [-0.4, -0.2) is 28.9 Å². The smallest absolute Gasteiger partial charge is 0.416 e. The van der Waals surface area contributed by atoms with Crippen LogP contribution in [-0.2, 0) is 6.18 Å². The summed E-state index contributed by atoms with van der Waals surface area (Å²) in [4.78, 5) is 6.44. The molecule has 1 saturated heterocycles. The van der Waals surface area contributed by atoms with Crippen molar-refractivity contribution in [3.05, 3.63) is 102 Å². The van der Waals surface area contributed by atoms with E-state index in [1.807, 2.05) is 35.2 Å². The molecule has 2 atom stereocenters. The lowest BCUT2D eigenvalue weighted by molar-refractivity contribution is -0.137. The van der Waals surface area contributed by atoms with E-state index in [0.717, 1.165) is 17.8 Å². The molecule has 5 rings (SSSR count). The maximum absolute atomic E-state index is 13.5. The van der Waals surface area contributed by atoms with Crippen molar-refractivity contribution in [2.75, 3.05) is 19.1 Å². The average Bonchev–Trinajstić information content (AvgIpc) is 3.52. The zero-order valence-corrected chi connectivity index (χ0v) is 20.8. The van der Waals surface area contributed by atoms with Crippen molar-refractivity contribution in [1.29, 1.82) is 0 Å². The van der Waals surface area contributed by atoms with Crippen LogP contribution in [0.5, 0.6) is 11.5 Å². The van der Waals surface area contributed by atoms with Crippen molar-refractivity contribution in [3.63, 3.8) is 0 Å². The lowest BCUT2D eigenvalue weighted by atomic mass is 10.0. The van der Waals surface area contributed by atoms with Crippen molar-refractivity contribution in [2.24, 2.45) is 0 Å². The van der Waals surface area contributed by atoms with Crippen LogP contribution < -0.4 is 19.7 Å². The molecule has 0 aliphatic carbocycles. The lowest BCUT2D eigenvalue weighted by Gasteiger charge is -2.30. The largest absolute Gasteiger partial charge is 0.497 e. The molecule has 0 radical (unpaired) electrons. The van der Waals surface area contributed by atoms with Gasteiger partial charge in [0.25, 0.3) is 0 Å². The van der Waals surface area contributed by atoms with E-state index in [-0.39, 0.29) is 0 Å². The number of anilines is 1. The van der Waals surface area contributed by atoms with Crippen LogP contribution >= 0.6 is 12.2 Å². The minimum atomic E-state index is -4.46. The summed E-state index contributed by atoms with van der Waals surface area (Å²) < 4.78 is 53.4. The van der Waals surface area contributed by atoms with Crippen LogP contribution in [0.25, 0.3) is 5.69 Å². The van der Waals surface area contributed by atoms with E-state index in [4.69, 9.17) is 21.7 Å². The summed E-state index contributed by atoms with van der Waals surface area (Å²) in [6.07, 6.45) is -1.03. The first-order valence-corrected chi connectivity index (χ1v) is 11.8. The SMILES string of the molecule is COc1ccc(OC)c(N2C(=S)N[C@@H](c3ccccn3)[C@H]2c2cccn2-c2cccc(C(F)(F)F)c2)c1. The third-order valence-corrected chi connectivity index (χ3v) is 6.59. The van der Waals surface area contributed by atoms with Gasteiger partial charge in [-0.15, -0.1) is 0 Å². The predicted octanol–water partition coefficient (Wildman–Crippen LogP) is 6.09. The first kappa shape index (κ1) is 24.6. The van der Waals surface area contributed by atoms with E-state index in [0.29, 0.717) is 33.7 Å². The molecular weight excluding hydrogens is 501 g/mol. The van der Waals surface area contributed by atoms with Crippen LogP contribution in [0.4, 0.5) is 18.9 Å². The van der Waals surface area contributed by atoms with Gasteiger partial charge in [-0.3, -0.25) is 4.98 Å². The Balaban J connectivity index is 1.70. The summed E-state index contributed by atoms with van der Waals surface area (Å²) in [6, 6.07) is 19.0. The van der Waals surface area contributed by atoms with Crippen molar-refractivity contribution >= 4 is 23.0 Å². The van der Waals surface area contributed by atoms with Crippen LogP contribution in [0.2, 0.25) is 0 Å². The van der Waals surface area contributed by atoms with Crippen LogP contribution in [0.1, 0.15) is 29.0 Å². The van der Waals surface area contributed by atoms with Gasteiger partial charge in [-0.2, -0.15) is 13.2 Å². The highest BCUT2D eigenvalue weighted by Crippen LogP contribution is 2.46. The minimum absolute atomic E-state index is 0.380. The van der Waals surface area contributed by atoms with Crippen LogP contribution in [0, 0.1) is 0 Å². The summed E-state index contributed by atoms with van der Waals surface area (Å²) in [6.45, 7) is 0. The maximum Gasteiger partial charge on any atom is 0.416 e. The van der Waals surface area contributed by atoms with Crippen LogP contribution in [0.3, 0.4) is 0 Å². The minimum Gasteiger partial charge on any atom is -0.497 e. The number of pyridine rings is 1. The summed E-state index contributed by atoms with van der Waals surface area (Å²) >= 11 is 5.80. The van der Waals surface area contributed by atoms with Gasteiger partial charge in [-0.05, 0) is 66.8 Å². The third kappa shape index (κ3) is 4.60. The molecule has 190 valence electrons.